The Morgan fingerprint density at radius 1 is 0.495 bits per heavy atom. The molecular formula is C71H78N2O18. The van der Waals surface area contributed by atoms with Crippen molar-refractivity contribution in [2.45, 2.75) is 151 Å². The average molecular weight is 1250 g/mol. The first-order valence-corrected chi connectivity index (χ1v) is 31.1. The van der Waals surface area contributed by atoms with E-state index in [2.05, 4.69) is 27.7 Å². The number of Topliss-reactive ketones (excluding diaryl/α,β-unsaturated/α-hetero) is 11. The number of ether oxygens (including phenoxy) is 4. The third-order valence-electron chi connectivity index (χ3n) is 16.5. The Balaban J connectivity index is 0.000000196. The summed E-state index contributed by atoms with van der Waals surface area (Å²) in [5, 5.41) is 0. The molecule has 4 aromatic carbocycles. The number of carbonyl (C=O) groups excluding carboxylic acids is 14. The zero-order valence-electron chi connectivity index (χ0n) is 53.2. The van der Waals surface area contributed by atoms with Gasteiger partial charge < -0.3 is 28.6 Å². The fourth-order valence-electron chi connectivity index (χ4n) is 11.8. The molecule has 20 nitrogen and oxygen atoms in total. The highest BCUT2D eigenvalue weighted by Gasteiger charge is 2.50. The van der Waals surface area contributed by atoms with Crippen molar-refractivity contribution in [3.05, 3.63) is 117 Å². The molecule has 4 aromatic rings. The Kier molecular flexibility index (Phi) is 21.1. The first-order valence-electron chi connectivity index (χ1n) is 31.1. The lowest BCUT2D eigenvalue weighted by Gasteiger charge is -2.28. The van der Waals surface area contributed by atoms with Crippen LogP contribution in [0.2, 0.25) is 0 Å². The number of likely N-dealkylation sites (tertiary alicyclic amines) is 2. The molecule has 0 spiro atoms. The monoisotopic (exact) mass is 1250 g/mol. The van der Waals surface area contributed by atoms with Crippen molar-refractivity contribution in [3.8, 4) is 23.0 Å². The van der Waals surface area contributed by atoms with Gasteiger partial charge >= 0.3 is 6.09 Å². The molecule has 2 saturated heterocycles. The van der Waals surface area contributed by atoms with Crippen LogP contribution in [0.4, 0.5) is 4.79 Å². The molecule has 0 saturated carbocycles. The maximum atomic E-state index is 13.4. The highest BCUT2D eigenvalue weighted by atomic mass is 16.6. The normalized spacial score (nSPS) is 19.8. The van der Waals surface area contributed by atoms with E-state index < -0.39 is 93.5 Å². The minimum atomic E-state index is -1.56. The third-order valence-corrected chi connectivity index (χ3v) is 16.5. The summed E-state index contributed by atoms with van der Waals surface area (Å²) in [6.07, 6.45) is 6.08. The zero-order chi connectivity index (χ0) is 66.6. The van der Waals surface area contributed by atoms with Crippen LogP contribution in [0.25, 0.3) is 0 Å². The maximum Gasteiger partial charge on any atom is 0.410 e. The molecule has 0 bridgehead atoms. The molecule has 0 radical (unpaired) electrons. The lowest BCUT2D eigenvalue weighted by atomic mass is 9.92. The average Bonchev–Trinajstić information content (AvgIpc) is 1.90. The summed E-state index contributed by atoms with van der Waals surface area (Å²) in [6, 6.07) is 16.3. The van der Waals surface area contributed by atoms with Gasteiger partial charge in [-0.15, -0.1) is 0 Å². The van der Waals surface area contributed by atoms with Gasteiger partial charge in [0, 0.05) is 77.0 Å². The van der Waals surface area contributed by atoms with Crippen LogP contribution < -0.4 is 9.47 Å². The third kappa shape index (κ3) is 15.5. The summed E-state index contributed by atoms with van der Waals surface area (Å²) in [7, 11) is 0. The summed E-state index contributed by atoms with van der Waals surface area (Å²) in [4.78, 5) is 180. The summed E-state index contributed by atoms with van der Waals surface area (Å²) in [5.74, 6) is -9.56. The van der Waals surface area contributed by atoms with Gasteiger partial charge in [-0.25, -0.2) is 4.79 Å². The van der Waals surface area contributed by atoms with E-state index in [-0.39, 0.29) is 117 Å². The molecule has 2 aliphatic heterocycles. The van der Waals surface area contributed by atoms with Crippen LogP contribution in [0.5, 0.6) is 23.0 Å². The SMILES string of the molecule is CC(C)(C)OC(=O)N1CCC[C@@H]1C(=O)C1C(=O)c2ccc(Oc3ccc4c(c3)C(=O)C(C=O)C4=O)cc2C1=O.CC(C)(C)OCC(=O)N1CCCC1.CC(C)CCCC(=O)C1C(=O)c2ccc(Oc3ccc4c(c3)C(=O)C(C(=O)CCCC(C)C)C4=O)cc2C1=O. The van der Waals surface area contributed by atoms with Crippen LogP contribution in [-0.4, -0.2) is 135 Å². The molecule has 4 aliphatic carbocycles. The second-order valence-electron chi connectivity index (χ2n) is 26.6. The number of benzene rings is 4. The first kappa shape index (κ1) is 68.1. The molecule has 480 valence electrons. The van der Waals surface area contributed by atoms with Crippen molar-refractivity contribution in [1.82, 2.24) is 9.80 Å². The lowest BCUT2D eigenvalue weighted by molar-refractivity contribution is -0.140. The molecule has 91 heavy (non-hydrogen) atoms. The Labute approximate surface area is 528 Å². The van der Waals surface area contributed by atoms with Crippen LogP contribution in [0.1, 0.15) is 216 Å². The number of fused-ring (bicyclic) bond motifs is 4. The van der Waals surface area contributed by atoms with Crippen LogP contribution >= 0.6 is 0 Å². The van der Waals surface area contributed by atoms with Crippen LogP contribution in [0.3, 0.4) is 0 Å². The van der Waals surface area contributed by atoms with Crippen LogP contribution in [0.15, 0.2) is 72.8 Å². The van der Waals surface area contributed by atoms with E-state index in [1.54, 1.807) is 20.8 Å². The molecule has 2 heterocycles. The molecule has 2 amide bonds. The quantitative estimate of drug-likeness (QED) is 0.0623. The molecular weight excluding hydrogens is 1170 g/mol. The number of carbonyl (C=O) groups is 14. The van der Waals surface area contributed by atoms with E-state index in [9.17, 15) is 67.1 Å². The Bertz CT molecular complexity index is 3560. The first-order chi connectivity index (χ1) is 42.9. The molecule has 10 rings (SSSR count). The van der Waals surface area contributed by atoms with Gasteiger partial charge in [-0.2, -0.15) is 0 Å². The Hall–Kier alpha value is -8.78. The topological polar surface area (TPSA) is 282 Å². The zero-order valence-corrected chi connectivity index (χ0v) is 53.2. The van der Waals surface area contributed by atoms with Crippen molar-refractivity contribution in [3.63, 3.8) is 0 Å². The fourth-order valence-corrected chi connectivity index (χ4v) is 11.8. The van der Waals surface area contributed by atoms with E-state index in [0.29, 0.717) is 43.8 Å². The number of amides is 2. The number of hydrogen-bond acceptors (Lipinski definition) is 18. The Morgan fingerprint density at radius 3 is 1.26 bits per heavy atom. The maximum absolute atomic E-state index is 13.4. The van der Waals surface area contributed by atoms with Gasteiger partial charge in [-0.05, 0) is 165 Å². The fraction of sp³-hybridized carbons (Fsp3) is 0.465. The van der Waals surface area contributed by atoms with Crippen molar-refractivity contribution < 1.29 is 86.1 Å². The number of hydrogen-bond donors (Lipinski definition) is 0. The summed E-state index contributed by atoms with van der Waals surface area (Å²) >= 11 is 0. The molecule has 20 heteroatoms. The number of rotatable bonds is 19. The summed E-state index contributed by atoms with van der Waals surface area (Å²) in [6.45, 7) is 21.5. The predicted octanol–water partition coefficient (Wildman–Crippen LogP) is 11.3. The summed E-state index contributed by atoms with van der Waals surface area (Å²) in [5.41, 5.74) is -0.00929. The molecule has 0 N–H and O–H groups in total. The molecule has 5 atom stereocenters. The second-order valence-corrected chi connectivity index (χ2v) is 26.6. The number of nitrogens with zero attached hydrogens (tertiary/aromatic N) is 2. The number of aldehydes is 1. The highest BCUT2D eigenvalue weighted by molar-refractivity contribution is 6.38. The van der Waals surface area contributed by atoms with E-state index in [1.807, 2.05) is 25.7 Å². The summed E-state index contributed by atoms with van der Waals surface area (Å²) < 4.78 is 22.5. The second kappa shape index (κ2) is 28.2. The lowest BCUT2D eigenvalue weighted by Crippen LogP contribution is -2.47. The van der Waals surface area contributed by atoms with Crippen LogP contribution in [0, 0.1) is 35.5 Å². The van der Waals surface area contributed by atoms with Crippen molar-refractivity contribution in [2.24, 2.45) is 35.5 Å². The molecule has 4 unspecified atom stereocenters. The van der Waals surface area contributed by atoms with Gasteiger partial charge in [0.2, 0.25) is 5.91 Å². The van der Waals surface area contributed by atoms with Crippen molar-refractivity contribution in [2.75, 3.05) is 26.2 Å². The largest absolute Gasteiger partial charge is 0.457 e. The van der Waals surface area contributed by atoms with E-state index in [4.69, 9.17) is 18.9 Å². The van der Waals surface area contributed by atoms with Gasteiger partial charge in [0.25, 0.3) is 0 Å². The minimum absolute atomic E-state index is 0.0195. The van der Waals surface area contributed by atoms with Crippen molar-refractivity contribution in [1.29, 1.82) is 0 Å². The predicted molar refractivity (Wildman–Crippen MR) is 330 cm³/mol. The molecule has 6 aliphatic rings. The standard InChI is InChI=1S/C32H34O7.C29H25NO9.C10H19NO2/c1-17(2)7-5-9-25(33)27-29(35)21-13-11-19(15-23(21)31(27)37)39-20-12-14-22-24(16-20)32(38)28(30(22)36)26(34)10-6-8-18(3)4;1-29(2,3)39-28(37)30-10-4-5-21(30)27(36)22-25(34)17-9-7-15(12-19(17)26(22)35)38-14-6-8-16-18(11-14)24(33)20(13-31)23(16)32;1-10(2,3)13-8-9(12)11-6-4-5-7-11/h11-18,27-28H,5-10H2,1-4H3;6-9,11-13,20-22H,4-5,10H2,1-3H3;4-8H2,1-3H3/t;20?,21-,22?;/m.1./s1. The smallest absolute Gasteiger partial charge is 0.410 e. The Morgan fingerprint density at radius 2 is 0.868 bits per heavy atom. The number of ketones is 11. The van der Waals surface area contributed by atoms with E-state index >= 15 is 0 Å². The van der Waals surface area contributed by atoms with Crippen LogP contribution in [-0.2, 0) is 33.4 Å². The minimum Gasteiger partial charge on any atom is -0.457 e. The van der Waals surface area contributed by atoms with Crippen molar-refractivity contribution >= 4 is 81.9 Å². The van der Waals surface area contributed by atoms with Gasteiger partial charge in [0.05, 0.1) is 11.6 Å². The van der Waals surface area contributed by atoms with Gasteiger partial charge in [0.1, 0.15) is 65.2 Å². The van der Waals surface area contributed by atoms with E-state index in [0.717, 1.165) is 38.8 Å². The molecule has 0 aromatic heterocycles. The van der Waals surface area contributed by atoms with Gasteiger partial charge in [-0.3, -0.25) is 62.4 Å². The van der Waals surface area contributed by atoms with Gasteiger partial charge in [-0.1, -0.05) is 40.5 Å². The highest BCUT2D eigenvalue weighted by Crippen LogP contribution is 2.39. The van der Waals surface area contributed by atoms with E-state index in [1.165, 1.54) is 77.7 Å². The molecule has 2 fully saturated rings. The van der Waals surface area contributed by atoms with Gasteiger partial charge in [0.15, 0.2) is 63.6 Å².